The normalized spacial score (nSPS) is 20.0. The molecule has 1 aliphatic rings. The van der Waals surface area contributed by atoms with E-state index in [4.69, 9.17) is 0 Å². The molecule has 0 aliphatic carbocycles. The molecule has 132 valence electrons. The zero-order valence-electron chi connectivity index (χ0n) is 13.6. The summed E-state index contributed by atoms with van der Waals surface area (Å²) in [5.74, 6) is -0.825. The van der Waals surface area contributed by atoms with E-state index in [0.717, 1.165) is 5.56 Å². The molecule has 1 unspecified atom stereocenters. The van der Waals surface area contributed by atoms with Crippen LogP contribution in [-0.2, 0) is 21.1 Å². The molecule has 1 amide bonds. The Hall–Kier alpha value is -2.28. The van der Waals surface area contributed by atoms with E-state index in [-0.39, 0.29) is 43.2 Å². The number of amides is 1. The molecule has 5 nitrogen and oxygen atoms in total. The van der Waals surface area contributed by atoms with Crippen molar-refractivity contribution >= 4 is 15.7 Å². The molecular weight excluding hydrogens is 343 g/mol. The fourth-order valence-electron chi connectivity index (χ4n) is 3.07. The van der Waals surface area contributed by atoms with Gasteiger partial charge in [0.1, 0.15) is 5.82 Å². The fourth-order valence-corrected chi connectivity index (χ4v) is 4.87. The standard InChI is InChI=1S/C18H19FN2O3S/c19-16-6-2-1-5-15(16)17-7-9-21(10-11-25(17,23)24)18(22)12-14-4-3-8-20-13-14/h1-6,8,13,17H,7,9-12H2. The molecule has 0 spiro atoms. The summed E-state index contributed by atoms with van der Waals surface area (Å²) in [5.41, 5.74) is 0.967. The van der Waals surface area contributed by atoms with Crippen LogP contribution in [0.3, 0.4) is 0 Å². The number of aromatic nitrogens is 1. The first kappa shape index (κ1) is 17.5. The predicted molar refractivity (Wildman–Crippen MR) is 92.1 cm³/mol. The van der Waals surface area contributed by atoms with E-state index in [2.05, 4.69) is 4.98 Å². The average Bonchev–Trinajstić information content (AvgIpc) is 2.75. The van der Waals surface area contributed by atoms with Crippen molar-refractivity contribution in [2.45, 2.75) is 18.1 Å². The molecule has 0 saturated carbocycles. The molecule has 2 aromatic rings. The maximum Gasteiger partial charge on any atom is 0.227 e. The first-order valence-corrected chi connectivity index (χ1v) is 9.81. The maximum atomic E-state index is 14.0. The van der Waals surface area contributed by atoms with Gasteiger partial charge in [-0.3, -0.25) is 9.78 Å². The Labute approximate surface area is 146 Å². The molecule has 0 radical (unpaired) electrons. The zero-order valence-corrected chi connectivity index (χ0v) is 14.5. The number of halogens is 1. The van der Waals surface area contributed by atoms with Gasteiger partial charge in [0.05, 0.1) is 17.4 Å². The second-order valence-corrected chi connectivity index (χ2v) is 8.39. The summed E-state index contributed by atoms with van der Waals surface area (Å²) in [6, 6.07) is 9.49. The van der Waals surface area contributed by atoms with E-state index < -0.39 is 20.9 Å². The highest BCUT2D eigenvalue weighted by atomic mass is 32.2. The minimum Gasteiger partial charge on any atom is -0.341 e. The molecule has 1 aromatic carbocycles. The van der Waals surface area contributed by atoms with Crippen LogP contribution in [0.1, 0.15) is 22.8 Å². The molecule has 7 heteroatoms. The molecule has 0 bridgehead atoms. The van der Waals surface area contributed by atoms with Gasteiger partial charge in [-0.05, 0) is 24.1 Å². The van der Waals surface area contributed by atoms with Crippen LogP contribution in [0.5, 0.6) is 0 Å². The van der Waals surface area contributed by atoms with E-state index in [1.165, 1.54) is 18.2 Å². The Bertz CT molecular complexity index is 856. The first-order chi connectivity index (χ1) is 12.0. The first-order valence-electron chi connectivity index (χ1n) is 8.10. The number of pyridine rings is 1. The summed E-state index contributed by atoms with van der Waals surface area (Å²) in [7, 11) is -3.52. The lowest BCUT2D eigenvalue weighted by atomic mass is 10.1. The van der Waals surface area contributed by atoms with Gasteiger partial charge in [-0.1, -0.05) is 24.3 Å². The summed E-state index contributed by atoms with van der Waals surface area (Å²) in [5, 5.41) is -0.912. The van der Waals surface area contributed by atoms with Gasteiger partial charge in [0.15, 0.2) is 9.84 Å². The third-order valence-corrected chi connectivity index (χ3v) is 6.53. The monoisotopic (exact) mass is 362 g/mol. The van der Waals surface area contributed by atoms with Crippen molar-refractivity contribution in [3.05, 3.63) is 65.7 Å². The van der Waals surface area contributed by atoms with Crippen LogP contribution >= 0.6 is 0 Å². The molecule has 1 aliphatic heterocycles. The molecule has 0 N–H and O–H groups in total. The highest BCUT2D eigenvalue weighted by molar-refractivity contribution is 7.91. The Morgan fingerprint density at radius 3 is 2.72 bits per heavy atom. The average molecular weight is 362 g/mol. The second-order valence-electron chi connectivity index (χ2n) is 6.08. The number of hydrogen-bond donors (Lipinski definition) is 0. The van der Waals surface area contributed by atoms with E-state index >= 15 is 0 Å². The third-order valence-electron chi connectivity index (χ3n) is 4.42. The molecule has 3 rings (SSSR count). The van der Waals surface area contributed by atoms with Gasteiger partial charge in [0.2, 0.25) is 5.91 Å². The van der Waals surface area contributed by atoms with Crippen LogP contribution in [-0.4, -0.2) is 43.1 Å². The summed E-state index contributed by atoms with van der Waals surface area (Å²) in [6.45, 7) is 0.420. The van der Waals surface area contributed by atoms with E-state index in [1.54, 1.807) is 29.4 Å². The van der Waals surface area contributed by atoms with Crippen molar-refractivity contribution in [2.75, 3.05) is 18.8 Å². The summed E-state index contributed by atoms with van der Waals surface area (Å²) in [6.07, 6.45) is 3.63. The van der Waals surface area contributed by atoms with Gasteiger partial charge in [-0.15, -0.1) is 0 Å². The lowest BCUT2D eigenvalue weighted by Gasteiger charge is -2.20. The van der Waals surface area contributed by atoms with Gasteiger partial charge >= 0.3 is 0 Å². The zero-order chi connectivity index (χ0) is 17.9. The Balaban J connectivity index is 1.76. The lowest BCUT2D eigenvalue weighted by Crippen LogP contribution is -2.34. The number of nitrogens with zero attached hydrogens (tertiary/aromatic N) is 2. The Morgan fingerprint density at radius 1 is 1.20 bits per heavy atom. The molecule has 25 heavy (non-hydrogen) atoms. The van der Waals surface area contributed by atoms with Gasteiger partial charge in [-0.25, -0.2) is 12.8 Å². The summed E-state index contributed by atoms with van der Waals surface area (Å²) < 4.78 is 39.2. The molecule has 2 heterocycles. The highest BCUT2D eigenvalue weighted by Gasteiger charge is 2.34. The topological polar surface area (TPSA) is 67.3 Å². The Kier molecular flexibility index (Phi) is 5.13. The number of carbonyl (C=O) groups is 1. The van der Waals surface area contributed by atoms with Crippen molar-refractivity contribution < 1.29 is 17.6 Å². The van der Waals surface area contributed by atoms with Crippen LogP contribution in [0, 0.1) is 5.82 Å². The second kappa shape index (κ2) is 7.31. The predicted octanol–water partition coefficient (Wildman–Crippen LogP) is 2.15. The maximum absolute atomic E-state index is 14.0. The van der Waals surface area contributed by atoms with Crippen LogP contribution in [0.2, 0.25) is 0 Å². The van der Waals surface area contributed by atoms with Crippen LogP contribution in [0.25, 0.3) is 0 Å². The molecule has 1 aromatic heterocycles. The van der Waals surface area contributed by atoms with Gasteiger partial charge in [0, 0.05) is 31.0 Å². The minimum absolute atomic E-state index is 0.131. The van der Waals surface area contributed by atoms with Crippen molar-refractivity contribution in [3.63, 3.8) is 0 Å². The molecular formula is C18H19FN2O3S. The van der Waals surface area contributed by atoms with E-state index in [0.29, 0.717) is 0 Å². The number of sulfone groups is 1. The third kappa shape index (κ3) is 4.04. The van der Waals surface area contributed by atoms with Crippen molar-refractivity contribution in [2.24, 2.45) is 0 Å². The largest absolute Gasteiger partial charge is 0.341 e. The van der Waals surface area contributed by atoms with Gasteiger partial charge in [0.25, 0.3) is 0 Å². The number of carbonyl (C=O) groups excluding carboxylic acids is 1. The number of benzene rings is 1. The van der Waals surface area contributed by atoms with E-state index in [1.807, 2.05) is 6.07 Å². The highest BCUT2D eigenvalue weighted by Crippen LogP contribution is 2.31. The van der Waals surface area contributed by atoms with Crippen molar-refractivity contribution in [3.8, 4) is 0 Å². The number of rotatable bonds is 3. The summed E-state index contributed by atoms with van der Waals surface area (Å²) >= 11 is 0. The van der Waals surface area contributed by atoms with Gasteiger partial charge in [-0.2, -0.15) is 0 Å². The van der Waals surface area contributed by atoms with Crippen LogP contribution < -0.4 is 0 Å². The molecule has 1 saturated heterocycles. The number of hydrogen-bond acceptors (Lipinski definition) is 4. The SMILES string of the molecule is O=C(Cc1cccnc1)N1CCC(c2ccccc2F)S(=O)(=O)CC1. The quantitative estimate of drug-likeness (QED) is 0.839. The van der Waals surface area contributed by atoms with Gasteiger partial charge < -0.3 is 4.90 Å². The fraction of sp³-hybridized carbons (Fsp3) is 0.333. The smallest absolute Gasteiger partial charge is 0.227 e. The lowest BCUT2D eigenvalue weighted by molar-refractivity contribution is -0.130. The van der Waals surface area contributed by atoms with Crippen molar-refractivity contribution in [1.82, 2.24) is 9.88 Å². The molecule has 1 atom stereocenters. The summed E-state index contributed by atoms with van der Waals surface area (Å²) in [4.78, 5) is 18.0. The Morgan fingerprint density at radius 2 is 2.00 bits per heavy atom. The molecule has 1 fully saturated rings. The van der Waals surface area contributed by atoms with Crippen LogP contribution in [0.4, 0.5) is 4.39 Å². The minimum atomic E-state index is -3.52. The van der Waals surface area contributed by atoms with Crippen LogP contribution in [0.15, 0.2) is 48.8 Å². The van der Waals surface area contributed by atoms with Crippen molar-refractivity contribution in [1.29, 1.82) is 0 Å². The van der Waals surface area contributed by atoms with E-state index in [9.17, 15) is 17.6 Å².